The van der Waals surface area contributed by atoms with E-state index in [-0.39, 0.29) is 70.4 Å². The molecular weight excluding hydrogens is 904 g/mol. The molecule has 4 aromatic carbocycles. The Labute approximate surface area is 418 Å². The summed E-state index contributed by atoms with van der Waals surface area (Å²) >= 11 is 24.8. The summed E-state index contributed by atoms with van der Waals surface area (Å²) in [7, 11) is 0. The number of halogens is 4. The van der Waals surface area contributed by atoms with E-state index in [0.29, 0.717) is 68.1 Å². The van der Waals surface area contributed by atoms with Crippen molar-refractivity contribution in [3.63, 3.8) is 0 Å². The normalized spacial score (nSPS) is 15.8. The van der Waals surface area contributed by atoms with Crippen molar-refractivity contribution in [3.05, 3.63) is 175 Å². The summed E-state index contributed by atoms with van der Waals surface area (Å²) in [6.07, 6.45) is 5.58. The molecular formula is C48H45BCl4N4NaO6. The van der Waals surface area contributed by atoms with E-state index >= 15 is 0 Å². The van der Waals surface area contributed by atoms with E-state index in [1.165, 1.54) is 0 Å². The minimum absolute atomic E-state index is 0. The van der Waals surface area contributed by atoms with Crippen LogP contribution in [0.2, 0.25) is 20.1 Å². The third-order valence-corrected chi connectivity index (χ3v) is 12.0. The number of carbonyl (C=O) groups excluding carboxylic acids is 2. The smallest absolute Gasteiger partial charge is 1.00 e. The van der Waals surface area contributed by atoms with Gasteiger partial charge in [0.05, 0.1) is 18.1 Å². The number of anilines is 2. The van der Waals surface area contributed by atoms with Crippen LogP contribution in [0.15, 0.2) is 122 Å². The monoisotopic (exact) mass is 947 g/mol. The first kappa shape index (κ1) is 50.9. The number of hydrogen-bond acceptors (Lipinski definition) is 10. The van der Waals surface area contributed by atoms with E-state index in [2.05, 4.69) is 19.8 Å². The standard InChI is InChI=1S/C24H24Cl2N2O3.C24H20Cl2N2O3.B.Na.H/c2*25-20-5-2-1-4-19(20)23(30)17-8-7-16(10-13-29)22(14-17)28-12-9-18(15-28)31-24-21(26)6-3-11-27-24;;;/h1-8,11,14,18,23,29-30H,9-10,12-13,15H2;1-8,11,13-14,18H,9-10,12,15H2;;;/q;;;+1;-1/t18-,23?;18-;;;/m00.../s1. The second kappa shape index (κ2) is 24.4. The van der Waals surface area contributed by atoms with Crippen LogP contribution in [0.1, 0.15) is 58.5 Å². The molecule has 325 valence electrons. The topological polar surface area (TPSA) is 125 Å². The first-order valence-electron chi connectivity index (χ1n) is 20.2. The van der Waals surface area contributed by atoms with Crippen molar-refractivity contribution < 1.29 is 60.3 Å². The molecule has 6 aromatic rings. The summed E-state index contributed by atoms with van der Waals surface area (Å²) in [6, 6.07) is 32.5. The van der Waals surface area contributed by atoms with E-state index in [9.17, 15) is 19.8 Å². The largest absolute Gasteiger partial charge is 1.00 e. The van der Waals surface area contributed by atoms with Gasteiger partial charge in [-0.1, -0.05) is 101 Å². The quantitative estimate of drug-likeness (QED) is 0.0719. The molecule has 8 rings (SSSR count). The molecule has 1 unspecified atom stereocenters. The van der Waals surface area contributed by atoms with Gasteiger partial charge in [0.2, 0.25) is 11.8 Å². The molecule has 2 aliphatic rings. The van der Waals surface area contributed by atoms with Crippen molar-refractivity contribution in [3.8, 4) is 11.8 Å². The van der Waals surface area contributed by atoms with Crippen LogP contribution < -0.4 is 48.8 Å². The second-order valence-corrected chi connectivity index (χ2v) is 16.5. The Hall–Kier alpha value is -4.14. The van der Waals surface area contributed by atoms with Crippen LogP contribution in [0.4, 0.5) is 11.4 Å². The van der Waals surface area contributed by atoms with Crippen LogP contribution in [0, 0.1) is 0 Å². The number of benzene rings is 4. The first-order chi connectivity index (χ1) is 30.1. The van der Waals surface area contributed by atoms with Gasteiger partial charge in [0.25, 0.3) is 0 Å². The Bertz CT molecular complexity index is 2530. The summed E-state index contributed by atoms with van der Waals surface area (Å²) in [5.41, 5.74) is 6.11. The average Bonchev–Trinajstić information content (AvgIpc) is 3.96. The van der Waals surface area contributed by atoms with Gasteiger partial charge in [0.15, 0.2) is 5.78 Å². The molecule has 16 heteroatoms. The zero-order chi connectivity index (χ0) is 43.6. The van der Waals surface area contributed by atoms with Crippen LogP contribution in [-0.2, 0) is 17.6 Å². The zero-order valence-corrected chi connectivity index (χ0v) is 40.1. The average molecular weight is 950 g/mol. The minimum Gasteiger partial charge on any atom is -1.00 e. The van der Waals surface area contributed by atoms with E-state index in [0.717, 1.165) is 60.3 Å². The zero-order valence-electron chi connectivity index (χ0n) is 36.1. The van der Waals surface area contributed by atoms with Crippen LogP contribution >= 0.6 is 46.4 Å². The molecule has 0 spiro atoms. The summed E-state index contributed by atoms with van der Waals surface area (Å²) < 4.78 is 12.0. The van der Waals surface area contributed by atoms with Gasteiger partial charge in [-0.2, -0.15) is 0 Å². The summed E-state index contributed by atoms with van der Waals surface area (Å²) in [5, 5.41) is 22.4. The molecule has 3 radical (unpaired) electrons. The maximum atomic E-state index is 13.0. The SMILES string of the molecule is O=CCc1ccc(C(=O)c2ccccc2Cl)cc1N1CC[C@H](Oc2ncccc2Cl)C1.OCCc1ccc(C(O)c2ccccc2Cl)cc1N1CC[C@H](Oc2ncccc2Cl)C1.[B].[H-].[Na+]. The number of rotatable bonds is 14. The molecule has 2 N–H and O–H groups in total. The van der Waals surface area contributed by atoms with Gasteiger partial charge in [-0.3, -0.25) is 4.79 Å². The molecule has 2 saturated heterocycles. The van der Waals surface area contributed by atoms with Gasteiger partial charge in [-0.15, -0.1) is 0 Å². The first-order valence-corrected chi connectivity index (χ1v) is 21.7. The number of ketones is 1. The molecule has 2 aliphatic heterocycles. The Morgan fingerprint density at radius 2 is 1.28 bits per heavy atom. The molecule has 3 atom stereocenters. The predicted molar refractivity (Wildman–Crippen MR) is 252 cm³/mol. The van der Waals surface area contributed by atoms with Gasteiger partial charge in [0, 0.05) is 92.9 Å². The molecule has 0 saturated carbocycles. The number of nitrogens with zero attached hydrogens (tertiary/aromatic N) is 4. The molecule has 0 bridgehead atoms. The summed E-state index contributed by atoms with van der Waals surface area (Å²) in [6.45, 7) is 2.83. The number of aldehydes is 1. The maximum absolute atomic E-state index is 13.0. The van der Waals surface area contributed by atoms with Gasteiger partial charge < -0.3 is 35.7 Å². The fraction of sp³-hybridized carbons (Fsp3) is 0.250. The fourth-order valence-electron chi connectivity index (χ4n) is 7.63. The number of aliphatic hydroxyl groups excluding tert-OH is 2. The van der Waals surface area contributed by atoms with Crippen molar-refractivity contribution in [1.29, 1.82) is 0 Å². The van der Waals surface area contributed by atoms with E-state index in [1.54, 1.807) is 73.1 Å². The molecule has 2 aromatic heterocycles. The Morgan fingerprint density at radius 3 is 1.84 bits per heavy atom. The van der Waals surface area contributed by atoms with Gasteiger partial charge in [-0.25, -0.2) is 9.97 Å². The Morgan fingerprint density at radius 1 is 0.734 bits per heavy atom. The van der Waals surface area contributed by atoms with Crippen molar-refractivity contribution in [2.24, 2.45) is 0 Å². The number of pyridine rings is 2. The van der Waals surface area contributed by atoms with Crippen LogP contribution in [0.5, 0.6) is 11.8 Å². The van der Waals surface area contributed by atoms with Crippen molar-refractivity contribution in [1.82, 2.24) is 9.97 Å². The van der Waals surface area contributed by atoms with Crippen LogP contribution in [-0.4, -0.2) is 85.7 Å². The summed E-state index contributed by atoms with van der Waals surface area (Å²) in [5.74, 6) is 0.693. The predicted octanol–water partition coefficient (Wildman–Crippen LogP) is 6.42. The number of aliphatic hydroxyl groups is 2. The number of aromatic nitrogens is 2. The third kappa shape index (κ3) is 12.6. The third-order valence-electron chi connectivity index (χ3n) is 10.8. The summed E-state index contributed by atoms with van der Waals surface area (Å²) in [4.78, 5) is 37.0. The van der Waals surface area contributed by atoms with E-state index in [1.807, 2.05) is 48.5 Å². The van der Waals surface area contributed by atoms with Crippen LogP contribution in [0.25, 0.3) is 0 Å². The Balaban J connectivity index is 0.000000272. The van der Waals surface area contributed by atoms with Crippen molar-refractivity contribution >= 4 is 78.3 Å². The Kier molecular flexibility index (Phi) is 19.4. The fourth-order valence-corrected chi connectivity index (χ4v) is 8.43. The minimum atomic E-state index is -0.836. The second-order valence-electron chi connectivity index (χ2n) is 14.8. The molecule has 0 aliphatic carbocycles. The number of carbonyl (C=O) groups is 2. The van der Waals surface area contributed by atoms with Crippen molar-refractivity contribution in [2.45, 2.75) is 44.0 Å². The number of hydrogen-bond donors (Lipinski definition) is 2. The van der Waals surface area contributed by atoms with E-state index in [4.69, 9.17) is 55.9 Å². The maximum Gasteiger partial charge on any atom is 1.00 e. The molecule has 4 heterocycles. The van der Waals surface area contributed by atoms with Gasteiger partial charge in [-0.05, 0) is 77.7 Å². The van der Waals surface area contributed by atoms with E-state index < -0.39 is 6.10 Å². The molecule has 10 nitrogen and oxygen atoms in total. The molecule has 64 heavy (non-hydrogen) atoms. The number of ether oxygens (including phenoxy) is 2. The molecule has 0 amide bonds. The van der Waals surface area contributed by atoms with Gasteiger partial charge in [0.1, 0.15) is 34.6 Å². The molecule has 2 fully saturated rings. The van der Waals surface area contributed by atoms with Crippen LogP contribution in [0.3, 0.4) is 0 Å². The van der Waals surface area contributed by atoms with Crippen molar-refractivity contribution in [2.75, 3.05) is 42.6 Å². The van der Waals surface area contributed by atoms with Gasteiger partial charge >= 0.3 is 29.6 Å².